The Morgan fingerprint density at radius 1 is 1.37 bits per heavy atom. The Kier molecular flexibility index (Phi) is 5.75. The van der Waals surface area contributed by atoms with Crippen LogP contribution in [-0.2, 0) is 11.2 Å². The summed E-state index contributed by atoms with van der Waals surface area (Å²) in [6.45, 7) is 9.67. The predicted octanol–water partition coefficient (Wildman–Crippen LogP) is 1.00. The lowest BCUT2D eigenvalue weighted by atomic mass is 10.1. The van der Waals surface area contributed by atoms with Crippen molar-refractivity contribution in [1.29, 1.82) is 0 Å². The Hall–Kier alpha value is -0.980. The van der Waals surface area contributed by atoms with Crippen LogP contribution < -0.4 is 5.32 Å². The van der Waals surface area contributed by atoms with Gasteiger partial charge in [-0.25, -0.2) is 0 Å². The van der Waals surface area contributed by atoms with Crippen molar-refractivity contribution in [2.45, 2.75) is 32.7 Å². The van der Waals surface area contributed by atoms with Crippen LogP contribution in [0.2, 0.25) is 0 Å². The van der Waals surface area contributed by atoms with Crippen molar-refractivity contribution in [2.24, 2.45) is 0 Å². The molecule has 0 spiro atoms. The molecule has 0 aliphatic carbocycles. The zero-order valence-electron chi connectivity index (χ0n) is 11.9. The molecule has 2 heterocycles. The first-order valence-electron chi connectivity index (χ1n) is 7.20. The van der Waals surface area contributed by atoms with Crippen LogP contribution >= 0.6 is 0 Å². The fourth-order valence-electron chi connectivity index (χ4n) is 2.41. The average molecular weight is 268 g/mol. The normalized spacial score (nSPS) is 18.6. The Bertz CT molecular complexity index is 363. The summed E-state index contributed by atoms with van der Waals surface area (Å²) in [4.78, 5) is 6.93. The van der Waals surface area contributed by atoms with Gasteiger partial charge in [0.1, 0.15) is 0 Å². The van der Waals surface area contributed by atoms with Gasteiger partial charge in [-0.05, 0) is 13.3 Å². The molecule has 0 aromatic carbocycles. The van der Waals surface area contributed by atoms with Gasteiger partial charge in [-0.1, -0.05) is 12.1 Å². The summed E-state index contributed by atoms with van der Waals surface area (Å²) in [6.07, 6.45) is 1.70. The van der Waals surface area contributed by atoms with E-state index in [4.69, 9.17) is 9.26 Å². The van der Waals surface area contributed by atoms with Gasteiger partial charge in [0.15, 0.2) is 5.82 Å². The second kappa shape index (κ2) is 7.57. The van der Waals surface area contributed by atoms with Gasteiger partial charge in [-0.2, -0.15) is 4.98 Å². The highest BCUT2D eigenvalue weighted by molar-refractivity contribution is 4.96. The molecule has 1 aliphatic heterocycles. The number of ether oxygens (including phenoxy) is 1. The molecule has 1 aliphatic rings. The Morgan fingerprint density at radius 3 is 2.84 bits per heavy atom. The molecular formula is C13H24N4O2. The van der Waals surface area contributed by atoms with Gasteiger partial charge in [-0.15, -0.1) is 0 Å². The van der Waals surface area contributed by atoms with E-state index in [0.717, 1.165) is 45.0 Å². The van der Waals surface area contributed by atoms with Crippen LogP contribution in [-0.4, -0.2) is 54.4 Å². The molecule has 0 bridgehead atoms. The maximum Gasteiger partial charge on any atom is 0.229 e. The highest BCUT2D eigenvalue weighted by Gasteiger charge is 2.24. The maximum atomic E-state index is 5.30. The van der Waals surface area contributed by atoms with Gasteiger partial charge in [-0.3, -0.25) is 4.90 Å². The van der Waals surface area contributed by atoms with E-state index < -0.39 is 0 Å². The second-order valence-corrected chi connectivity index (χ2v) is 4.70. The summed E-state index contributed by atoms with van der Waals surface area (Å²) in [5.41, 5.74) is 0. The van der Waals surface area contributed by atoms with Crippen LogP contribution in [0.4, 0.5) is 0 Å². The molecule has 0 amide bonds. The summed E-state index contributed by atoms with van der Waals surface area (Å²) in [5.74, 6) is 1.49. The zero-order chi connectivity index (χ0) is 13.5. The lowest BCUT2D eigenvalue weighted by Gasteiger charge is -2.32. The highest BCUT2D eigenvalue weighted by atomic mass is 16.5. The molecule has 1 fully saturated rings. The van der Waals surface area contributed by atoms with Crippen molar-refractivity contribution in [1.82, 2.24) is 20.4 Å². The average Bonchev–Trinajstić information content (AvgIpc) is 2.90. The lowest BCUT2D eigenvalue weighted by molar-refractivity contribution is 0.144. The fourth-order valence-corrected chi connectivity index (χ4v) is 2.41. The summed E-state index contributed by atoms with van der Waals surface area (Å²) in [6, 6.07) is 0.270. The molecule has 2 rings (SSSR count). The van der Waals surface area contributed by atoms with Gasteiger partial charge >= 0.3 is 0 Å². The molecule has 108 valence electrons. The number of hydrogen-bond donors (Lipinski definition) is 1. The summed E-state index contributed by atoms with van der Waals surface area (Å²) < 4.78 is 10.6. The summed E-state index contributed by atoms with van der Waals surface area (Å²) in [7, 11) is 0. The van der Waals surface area contributed by atoms with Gasteiger partial charge in [0.05, 0.1) is 19.1 Å². The molecule has 6 heteroatoms. The van der Waals surface area contributed by atoms with E-state index in [1.165, 1.54) is 0 Å². The van der Waals surface area contributed by atoms with Crippen LogP contribution in [0.5, 0.6) is 0 Å². The van der Waals surface area contributed by atoms with E-state index in [9.17, 15) is 0 Å². The number of rotatable bonds is 7. The monoisotopic (exact) mass is 268 g/mol. The van der Waals surface area contributed by atoms with E-state index in [-0.39, 0.29) is 6.04 Å². The Labute approximate surface area is 114 Å². The number of nitrogens with zero attached hydrogens (tertiary/aromatic N) is 3. The maximum absolute atomic E-state index is 5.30. The van der Waals surface area contributed by atoms with Crippen molar-refractivity contribution in [3.8, 4) is 0 Å². The number of nitrogens with one attached hydrogen (secondary N) is 1. The largest absolute Gasteiger partial charge is 0.381 e. The van der Waals surface area contributed by atoms with Crippen LogP contribution in [0.15, 0.2) is 4.52 Å². The van der Waals surface area contributed by atoms with E-state index in [0.29, 0.717) is 18.9 Å². The standard InChI is InChI=1S/C13H24N4O2/c1-3-11(17-8-6-14-7-9-17)13-15-12(19-16-13)5-10-18-4-2/h11,14H,3-10H2,1-2H3. The minimum atomic E-state index is 0.270. The first-order chi connectivity index (χ1) is 9.35. The smallest absolute Gasteiger partial charge is 0.229 e. The third-order valence-corrected chi connectivity index (χ3v) is 3.43. The van der Waals surface area contributed by atoms with Crippen molar-refractivity contribution in [3.63, 3.8) is 0 Å². The first-order valence-corrected chi connectivity index (χ1v) is 7.20. The quantitative estimate of drug-likeness (QED) is 0.745. The van der Waals surface area contributed by atoms with Crippen LogP contribution in [0.3, 0.4) is 0 Å². The van der Waals surface area contributed by atoms with Crippen molar-refractivity contribution in [3.05, 3.63) is 11.7 Å². The van der Waals surface area contributed by atoms with E-state index in [1.54, 1.807) is 0 Å². The molecule has 0 saturated carbocycles. The molecule has 1 unspecified atom stereocenters. The van der Waals surface area contributed by atoms with Crippen molar-refractivity contribution >= 4 is 0 Å². The summed E-state index contributed by atoms with van der Waals surface area (Å²) >= 11 is 0. The van der Waals surface area contributed by atoms with E-state index in [2.05, 4.69) is 27.3 Å². The summed E-state index contributed by atoms with van der Waals surface area (Å²) in [5, 5.41) is 7.50. The molecule has 19 heavy (non-hydrogen) atoms. The number of hydrogen-bond acceptors (Lipinski definition) is 6. The SMILES string of the molecule is CCOCCc1nc(C(CC)N2CCNCC2)no1. The van der Waals surface area contributed by atoms with Gasteiger partial charge in [0.2, 0.25) is 5.89 Å². The van der Waals surface area contributed by atoms with Crippen LogP contribution in [0.25, 0.3) is 0 Å². The van der Waals surface area contributed by atoms with Crippen molar-refractivity contribution in [2.75, 3.05) is 39.4 Å². The molecule has 1 N–H and O–H groups in total. The van der Waals surface area contributed by atoms with E-state index in [1.807, 2.05) is 6.92 Å². The Balaban J connectivity index is 1.94. The zero-order valence-corrected chi connectivity index (χ0v) is 11.9. The first kappa shape index (κ1) is 14.4. The molecular weight excluding hydrogens is 244 g/mol. The topological polar surface area (TPSA) is 63.4 Å². The molecule has 1 aromatic heterocycles. The fraction of sp³-hybridized carbons (Fsp3) is 0.846. The third kappa shape index (κ3) is 3.99. The van der Waals surface area contributed by atoms with Crippen LogP contribution in [0.1, 0.15) is 38.0 Å². The third-order valence-electron chi connectivity index (χ3n) is 3.43. The highest BCUT2D eigenvalue weighted by Crippen LogP contribution is 2.21. The molecule has 1 saturated heterocycles. The van der Waals surface area contributed by atoms with Gasteiger partial charge in [0.25, 0.3) is 0 Å². The lowest BCUT2D eigenvalue weighted by Crippen LogP contribution is -2.45. The van der Waals surface area contributed by atoms with Gasteiger partial charge < -0.3 is 14.6 Å². The molecule has 6 nitrogen and oxygen atoms in total. The minimum Gasteiger partial charge on any atom is -0.381 e. The second-order valence-electron chi connectivity index (χ2n) is 4.70. The van der Waals surface area contributed by atoms with Gasteiger partial charge in [0, 0.05) is 32.8 Å². The molecule has 1 atom stereocenters. The minimum absolute atomic E-state index is 0.270. The number of aromatic nitrogens is 2. The molecule has 0 radical (unpaired) electrons. The predicted molar refractivity (Wildman–Crippen MR) is 72.0 cm³/mol. The number of piperazine rings is 1. The van der Waals surface area contributed by atoms with E-state index >= 15 is 0 Å². The van der Waals surface area contributed by atoms with Crippen molar-refractivity contribution < 1.29 is 9.26 Å². The van der Waals surface area contributed by atoms with Crippen LogP contribution in [0, 0.1) is 0 Å². The molecule has 1 aromatic rings. The Morgan fingerprint density at radius 2 is 2.16 bits per heavy atom.